The lowest BCUT2D eigenvalue weighted by Gasteiger charge is -2.17. The molecule has 2 atom stereocenters. The molecule has 2 aromatic carbocycles. The van der Waals surface area contributed by atoms with Crippen molar-refractivity contribution in [3.63, 3.8) is 0 Å². The zero-order valence-corrected chi connectivity index (χ0v) is 22.6. The van der Waals surface area contributed by atoms with Crippen LogP contribution in [0.4, 0.5) is 4.79 Å². The summed E-state index contributed by atoms with van der Waals surface area (Å²) in [6.07, 6.45) is 5.48. The van der Waals surface area contributed by atoms with Gasteiger partial charge in [-0.05, 0) is 36.6 Å². The van der Waals surface area contributed by atoms with E-state index in [-0.39, 0.29) is 29.4 Å². The molecule has 200 valence electrons. The van der Waals surface area contributed by atoms with E-state index < -0.39 is 10.0 Å². The summed E-state index contributed by atoms with van der Waals surface area (Å²) in [4.78, 5) is 23.9. The number of nitrogens with zero attached hydrogens (tertiary/aromatic N) is 5. The number of aromatic nitrogens is 4. The number of aryl methyl sites for hydroxylation is 1. The summed E-state index contributed by atoms with van der Waals surface area (Å²) in [7, 11) is -3.84. The molecule has 4 heterocycles. The molecule has 1 fully saturated rings. The van der Waals surface area contributed by atoms with Crippen molar-refractivity contribution < 1.29 is 17.9 Å². The summed E-state index contributed by atoms with van der Waals surface area (Å²) in [6.45, 7) is 5.33. The molecule has 1 aliphatic heterocycles. The second kappa shape index (κ2) is 9.85. The number of rotatable bonds is 6. The first-order chi connectivity index (χ1) is 18.9. The third-order valence-corrected chi connectivity index (χ3v) is 9.23. The Balaban J connectivity index is 1.33. The first-order valence-corrected chi connectivity index (χ1v) is 14.4. The maximum atomic E-state index is 13.5. The number of ether oxygens (including phenoxy) is 1. The van der Waals surface area contributed by atoms with Crippen molar-refractivity contribution in [2.24, 2.45) is 5.92 Å². The SMILES string of the molecule is CC[C@@H]1CN(C(=O)OCc2ccccc2)CC1c1cnc2cnc3c(ccn3S(=O)(=O)c3ccc(C)cc3)n12. The number of carbonyl (C=O) groups excluding carboxylic acids is 1. The van der Waals surface area contributed by atoms with Crippen LogP contribution in [-0.4, -0.2) is 50.8 Å². The maximum absolute atomic E-state index is 13.5. The molecule has 0 aliphatic carbocycles. The number of carbonyl (C=O) groups is 1. The molecule has 39 heavy (non-hydrogen) atoms. The highest BCUT2D eigenvalue weighted by atomic mass is 32.2. The van der Waals surface area contributed by atoms with E-state index in [0.717, 1.165) is 23.2 Å². The predicted octanol–water partition coefficient (Wildman–Crippen LogP) is 4.99. The molecular formula is C29H29N5O4S. The molecule has 10 heteroatoms. The monoisotopic (exact) mass is 543 g/mol. The standard InChI is InChI=1S/C29H29N5O4S/c1-3-22-17-32(29(35)38-19-21-7-5-4-6-8-21)18-24(22)26-15-30-27-16-31-28-25(34(26)27)13-14-33(28)39(36,37)23-11-9-20(2)10-12-23/h4-16,22,24H,3,17-19H2,1-2H3/t22-,24?/m1/s1. The van der Waals surface area contributed by atoms with E-state index in [0.29, 0.717) is 29.9 Å². The number of fused-ring (bicyclic) bond motifs is 3. The van der Waals surface area contributed by atoms with Crippen LogP contribution in [0.2, 0.25) is 0 Å². The van der Waals surface area contributed by atoms with Crippen LogP contribution in [0.1, 0.15) is 36.1 Å². The Hall–Kier alpha value is -4.18. The zero-order valence-electron chi connectivity index (χ0n) is 21.8. The number of hydrogen-bond donors (Lipinski definition) is 0. The van der Waals surface area contributed by atoms with Gasteiger partial charge in [-0.1, -0.05) is 61.4 Å². The molecular weight excluding hydrogens is 514 g/mol. The summed E-state index contributed by atoms with van der Waals surface area (Å²) >= 11 is 0. The lowest BCUT2D eigenvalue weighted by molar-refractivity contribution is 0.103. The molecule has 1 saturated heterocycles. The maximum Gasteiger partial charge on any atom is 0.410 e. The van der Waals surface area contributed by atoms with Gasteiger partial charge in [-0.15, -0.1) is 0 Å². The average molecular weight is 544 g/mol. The molecule has 0 N–H and O–H groups in total. The summed E-state index contributed by atoms with van der Waals surface area (Å²) in [5, 5.41) is 0. The number of benzene rings is 2. The molecule has 1 amide bonds. The molecule has 3 aromatic heterocycles. The van der Waals surface area contributed by atoms with Gasteiger partial charge in [-0.25, -0.2) is 27.2 Å². The molecule has 0 radical (unpaired) electrons. The van der Waals surface area contributed by atoms with Crippen molar-refractivity contribution in [3.05, 3.63) is 96.1 Å². The van der Waals surface area contributed by atoms with Gasteiger partial charge in [0.1, 0.15) is 6.61 Å². The fourth-order valence-electron chi connectivity index (χ4n) is 5.41. The third-order valence-electron chi connectivity index (χ3n) is 7.55. The first kappa shape index (κ1) is 25.1. The van der Waals surface area contributed by atoms with Crippen LogP contribution < -0.4 is 0 Å². The number of imidazole rings is 1. The van der Waals surface area contributed by atoms with E-state index in [4.69, 9.17) is 4.74 Å². The van der Waals surface area contributed by atoms with E-state index >= 15 is 0 Å². The van der Waals surface area contributed by atoms with Gasteiger partial charge in [0, 0.05) is 37.1 Å². The fourth-order valence-corrected chi connectivity index (χ4v) is 6.70. The molecule has 0 bridgehead atoms. The Bertz CT molecular complexity index is 1760. The van der Waals surface area contributed by atoms with Gasteiger partial charge in [0.25, 0.3) is 10.0 Å². The van der Waals surface area contributed by atoms with E-state index in [1.165, 1.54) is 10.2 Å². The summed E-state index contributed by atoms with van der Waals surface area (Å²) in [5.74, 6) is 0.215. The average Bonchev–Trinajstić information content (AvgIpc) is 3.68. The third kappa shape index (κ3) is 4.44. The van der Waals surface area contributed by atoms with Crippen LogP contribution in [0.15, 0.2) is 84.1 Å². The first-order valence-electron chi connectivity index (χ1n) is 13.0. The molecule has 5 aromatic rings. The van der Waals surface area contributed by atoms with E-state index in [1.54, 1.807) is 41.4 Å². The van der Waals surface area contributed by atoms with Crippen molar-refractivity contribution in [1.82, 2.24) is 23.2 Å². The number of amides is 1. The van der Waals surface area contributed by atoms with Crippen molar-refractivity contribution >= 4 is 32.9 Å². The Labute approximate surface area is 226 Å². The van der Waals surface area contributed by atoms with Crippen LogP contribution >= 0.6 is 0 Å². The van der Waals surface area contributed by atoms with Crippen molar-refractivity contribution in [2.75, 3.05) is 13.1 Å². The number of hydrogen-bond acceptors (Lipinski definition) is 6. The van der Waals surface area contributed by atoms with Gasteiger partial charge in [0.2, 0.25) is 0 Å². The largest absolute Gasteiger partial charge is 0.445 e. The van der Waals surface area contributed by atoms with Crippen LogP contribution in [-0.2, 0) is 21.4 Å². The topological polar surface area (TPSA) is 98.8 Å². The van der Waals surface area contributed by atoms with Gasteiger partial charge in [0.05, 0.1) is 16.6 Å². The lowest BCUT2D eigenvalue weighted by Crippen LogP contribution is -2.29. The van der Waals surface area contributed by atoms with Crippen molar-refractivity contribution in [3.8, 4) is 0 Å². The Morgan fingerprint density at radius 3 is 2.51 bits per heavy atom. The van der Waals surface area contributed by atoms with E-state index in [1.807, 2.05) is 47.9 Å². The van der Waals surface area contributed by atoms with Gasteiger partial charge in [-0.2, -0.15) is 0 Å². The van der Waals surface area contributed by atoms with Crippen LogP contribution in [0.3, 0.4) is 0 Å². The van der Waals surface area contributed by atoms with Crippen LogP contribution in [0.5, 0.6) is 0 Å². The van der Waals surface area contributed by atoms with Gasteiger partial charge >= 0.3 is 6.09 Å². The molecule has 9 nitrogen and oxygen atoms in total. The summed E-state index contributed by atoms with van der Waals surface area (Å²) < 4.78 is 35.7. The molecule has 1 aliphatic rings. The highest BCUT2D eigenvalue weighted by molar-refractivity contribution is 7.90. The predicted molar refractivity (Wildman–Crippen MR) is 147 cm³/mol. The van der Waals surface area contributed by atoms with Crippen molar-refractivity contribution in [2.45, 2.75) is 37.7 Å². The molecule has 6 rings (SSSR count). The minimum absolute atomic E-state index is 0.0110. The van der Waals surface area contributed by atoms with Crippen LogP contribution in [0.25, 0.3) is 16.8 Å². The molecule has 1 unspecified atom stereocenters. The zero-order chi connectivity index (χ0) is 27.1. The Morgan fingerprint density at radius 2 is 1.77 bits per heavy atom. The summed E-state index contributed by atoms with van der Waals surface area (Å²) in [6, 6.07) is 18.1. The highest BCUT2D eigenvalue weighted by Crippen LogP contribution is 2.36. The van der Waals surface area contributed by atoms with Gasteiger partial charge < -0.3 is 9.64 Å². The van der Waals surface area contributed by atoms with Gasteiger partial charge in [-0.3, -0.25) is 4.40 Å². The van der Waals surface area contributed by atoms with E-state index in [2.05, 4.69) is 16.9 Å². The van der Waals surface area contributed by atoms with E-state index in [9.17, 15) is 13.2 Å². The van der Waals surface area contributed by atoms with Crippen molar-refractivity contribution in [1.29, 1.82) is 0 Å². The Morgan fingerprint density at radius 1 is 1.00 bits per heavy atom. The quantitative estimate of drug-likeness (QED) is 0.299. The molecule has 0 saturated carbocycles. The van der Waals surface area contributed by atoms with Gasteiger partial charge in [0.15, 0.2) is 11.3 Å². The second-order valence-electron chi connectivity index (χ2n) is 9.99. The number of likely N-dealkylation sites (tertiary alicyclic amines) is 1. The minimum Gasteiger partial charge on any atom is -0.445 e. The second-order valence-corrected chi connectivity index (χ2v) is 11.8. The van der Waals surface area contributed by atoms with Crippen LogP contribution in [0, 0.1) is 12.8 Å². The molecule has 0 spiro atoms. The Kier molecular flexibility index (Phi) is 6.34. The summed E-state index contributed by atoms with van der Waals surface area (Å²) in [5.41, 5.74) is 4.45. The normalized spacial score (nSPS) is 17.7. The minimum atomic E-state index is -3.84. The smallest absolute Gasteiger partial charge is 0.410 e. The fraction of sp³-hybridized carbons (Fsp3) is 0.276. The highest BCUT2D eigenvalue weighted by Gasteiger charge is 2.38. The lowest BCUT2D eigenvalue weighted by atomic mass is 9.91.